The van der Waals surface area contributed by atoms with Gasteiger partial charge in [0.1, 0.15) is 17.7 Å². The summed E-state index contributed by atoms with van der Waals surface area (Å²) >= 11 is 3.44. The second-order valence-electron chi connectivity index (χ2n) is 8.40. The van der Waals surface area contributed by atoms with Crippen LogP contribution in [0.25, 0.3) is 11.2 Å². The van der Waals surface area contributed by atoms with Crippen molar-refractivity contribution in [3.8, 4) is 0 Å². The molecule has 35 heavy (non-hydrogen) atoms. The molecule has 1 aromatic carbocycles. The van der Waals surface area contributed by atoms with Crippen molar-refractivity contribution in [1.29, 1.82) is 0 Å². The van der Waals surface area contributed by atoms with Gasteiger partial charge >= 0.3 is 0 Å². The van der Waals surface area contributed by atoms with Crippen molar-refractivity contribution in [3.05, 3.63) is 46.5 Å². The highest BCUT2D eigenvalue weighted by Crippen LogP contribution is 2.38. The summed E-state index contributed by atoms with van der Waals surface area (Å²) in [5.41, 5.74) is 8.03. The maximum Gasteiger partial charge on any atom is 0.226 e. The van der Waals surface area contributed by atoms with Crippen LogP contribution in [0.3, 0.4) is 0 Å². The van der Waals surface area contributed by atoms with E-state index in [0.717, 1.165) is 16.5 Å². The van der Waals surface area contributed by atoms with Crippen LogP contribution in [0.15, 0.2) is 35.1 Å². The predicted molar refractivity (Wildman–Crippen MR) is 129 cm³/mol. The molecule has 0 radical (unpaired) electrons. The number of tetrazole rings is 1. The highest BCUT2D eigenvalue weighted by molar-refractivity contribution is 9.10. The van der Waals surface area contributed by atoms with Crippen molar-refractivity contribution in [1.82, 2.24) is 39.7 Å². The number of hydrogen-bond acceptors (Lipinski definition) is 11. The molecule has 3 aromatic heterocycles. The van der Waals surface area contributed by atoms with E-state index >= 15 is 0 Å². The van der Waals surface area contributed by atoms with Gasteiger partial charge in [-0.3, -0.25) is 4.57 Å². The lowest BCUT2D eigenvalue weighted by molar-refractivity contribution is -0.0384. The molecule has 13 nitrogen and oxygen atoms in total. The number of anilines is 2. The van der Waals surface area contributed by atoms with Crippen molar-refractivity contribution < 1.29 is 14.9 Å². The van der Waals surface area contributed by atoms with Crippen molar-refractivity contribution in [3.63, 3.8) is 0 Å². The number of nitrogens with two attached hydrogens (primary N) is 1. The van der Waals surface area contributed by atoms with E-state index in [1.54, 1.807) is 0 Å². The number of benzene rings is 1. The van der Waals surface area contributed by atoms with Gasteiger partial charge in [0.05, 0.1) is 12.9 Å². The maximum atomic E-state index is 10.8. The van der Waals surface area contributed by atoms with Crippen LogP contribution in [-0.4, -0.2) is 68.2 Å². The minimum Gasteiger partial charge on any atom is -0.387 e. The Kier molecular flexibility index (Phi) is 6.35. The topological polar surface area (TPSA) is 175 Å². The van der Waals surface area contributed by atoms with Crippen molar-refractivity contribution in [2.24, 2.45) is 0 Å². The third-order valence-electron chi connectivity index (χ3n) is 5.80. The molecule has 1 saturated heterocycles. The van der Waals surface area contributed by atoms with Gasteiger partial charge in [0.15, 0.2) is 23.8 Å². The molecule has 1 unspecified atom stereocenters. The van der Waals surface area contributed by atoms with Gasteiger partial charge in [-0.2, -0.15) is 14.8 Å². The number of fused-ring (bicyclic) bond motifs is 1. The Bertz CT molecular complexity index is 1330. The fourth-order valence-electron chi connectivity index (χ4n) is 4.04. The second kappa shape index (κ2) is 9.45. The van der Waals surface area contributed by atoms with E-state index in [1.807, 2.05) is 38.1 Å². The third-order valence-corrected chi connectivity index (χ3v) is 6.33. The lowest BCUT2D eigenvalue weighted by Gasteiger charge is -2.17. The summed E-state index contributed by atoms with van der Waals surface area (Å²) in [6.07, 6.45) is -2.31. The normalized spacial score (nSPS) is 23.1. The number of aromatic nitrogens is 8. The van der Waals surface area contributed by atoms with Crippen LogP contribution in [0.2, 0.25) is 0 Å². The molecule has 5 N–H and O–H groups in total. The van der Waals surface area contributed by atoms with Crippen LogP contribution in [0.4, 0.5) is 11.8 Å². The summed E-state index contributed by atoms with van der Waals surface area (Å²) in [6, 6.07) is 8.09. The molecule has 4 heterocycles. The third kappa shape index (κ3) is 4.57. The average molecular weight is 545 g/mol. The summed E-state index contributed by atoms with van der Waals surface area (Å²) in [4.78, 5) is 14.6. The summed E-state index contributed by atoms with van der Waals surface area (Å²) in [5.74, 6) is 0.686. The minimum absolute atomic E-state index is 0.0103. The smallest absolute Gasteiger partial charge is 0.226 e. The molecule has 0 amide bonds. The SMILES string of the molecule is CCn1nnc([C@H]2O[C@@H](n3cnc4c(N)nc(NC(C)Cc5ccc(Br)cc5)nc43)[C@H](O)[C@@H]2O)n1. The van der Waals surface area contributed by atoms with Crippen molar-refractivity contribution in [2.75, 3.05) is 11.1 Å². The molecule has 0 spiro atoms. The van der Waals surface area contributed by atoms with Crippen LogP contribution < -0.4 is 11.1 Å². The first-order chi connectivity index (χ1) is 16.8. The fourth-order valence-corrected chi connectivity index (χ4v) is 4.31. The van der Waals surface area contributed by atoms with E-state index < -0.39 is 24.5 Å². The first-order valence-electron chi connectivity index (χ1n) is 11.1. The number of ether oxygens (including phenoxy) is 1. The zero-order chi connectivity index (χ0) is 24.7. The molecule has 4 aromatic rings. The Morgan fingerprint density at radius 3 is 2.69 bits per heavy atom. The first-order valence-corrected chi connectivity index (χ1v) is 11.9. The second-order valence-corrected chi connectivity index (χ2v) is 9.31. The molecule has 5 rings (SSSR count). The summed E-state index contributed by atoms with van der Waals surface area (Å²) in [6.45, 7) is 4.40. The predicted octanol–water partition coefficient (Wildman–Crippen LogP) is 1.21. The van der Waals surface area contributed by atoms with Gasteiger partial charge in [0, 0.05) is 10.5 Å². The molecule has 14 heteroatoms. The number of halogens is 1. The van der Waals surface area contributed by atoms with Crippen LogP contribution in [0, 0.1) is 0 Å². The number of imidazole rings is 1. The number of nitrogens with one attached hydrogen (secondary N) is 1. The quantitative estimate of drug-likeness (QED) is 0.263. The van der Waals surface area contributed by atoms with E-state index in [1.165, 1.54) is 15.7 Å². The van der Waals surface area contributed by atoms with Crippen LogP contribution >= 0.6 is 15.9 Å². The van der Waals surface area contributed by atoms with Gasteiger partial charge in [0.2, 0.25) is 11.8 Å². The standard InChI is InChI=1S/C21H25BrN10O3/c1-3-32-29-18(28-30-32)16-14(33)15(34)20(35-16)31-9-24-13-17(23)26-21(27-19(13)31)25-10(2)8-11-4-6-12(22)7-5-11/h4-7,9-10,14-16,20,33-34H,3,8H2,1-2H3,(H3,23,25,26,27)/t10?,14-,15+,16-,20+/m0/s1. The molecule has 0 aliphatic carbocycles. The van der Waals surface area contributed by atoms with Crippen LogP contribution in [0.1, 0.15) is 37.6 Å². The summed E-state index contributed by atoms with van der Waals surface area (Å²) in [7, 11) is 0. The van der Waals surface area contributed by atoms with E-state index in [0.29, 0.717) is 23.7 Å². The molecular formula is C21H25BrN10O3. The Morgan fingerprint density at radius 2 is 1.97 bits per heavy atom. The van der Waals surface area contributed by atoms with E-state index in [-0.39, 0.29) is 17.7 Å². The van der Waals surface area contributed by atoms with Crippen LogP contribution in [0.5, 0.6) is 0 Å². The number of aliphatic hydroxyl groups excluding tert-OH is 2. The summed E-state index contributed by atoms with van der Waals surface area (Å²) in [5, 5.41) is 36.7. The van der Waals surface area contributed by atoms with Gasteiger partial charge in [-0.25, -0.2) is 4.98 Å². The lowest BCUT2D eigenvalue weighted by atomic mass is 10.1. The summed E-state index contributed by atoms with van der Waals surface area (Å²) < 4.78 is 8.49. The number of nitrogen functional groups attached to an aromatic ring is 1. The maximum absolute atomic E-state index is 10.8. The minimum atomic E-state index is -1.28. The van der Waals surface area contributed by atoms with Gasteiger partial charge < -0.3 is 26.0 Å². The van der Waals surface area contributed by atoms with Gasteiger partial charge in [-0.1, -0.05) is 28.1 Å². The van der Waals surface area contributed by atoms with Crippen LogP contribution in [-0.2, 0) is 17.7 Å². The number of aryl methyl sites for hydroxylation is 1. The molecular weight excluding hydrogens is 520 g/mol. The van der Waals surface area contributed by atoms with E-state index in [2.05, 4.69) is 51.6 Å². The Balaban J connectivity index is 1.39. The molecule has 184 valence electrons. The first kappa shape index (κ1) is 23.5. The van der Waals surface area contributed by atoms with E-state index in [9.17, 15) is 10.2 Å². The highest BCUT2D eigenvalue weighted by Gasteiger charge is 2.47. The van der Waals surface area contributed by atoms with E-state index in [4.69, 9.17) is 10.5 Å². The monoisotopic (exact) mass is 544 g/mol. The molecule has 1 aliphatic heterocycles. The highest BCUT2D eigenvalue weighted by atomic mass is 79.9. The lowest BCUT2D eigenvalue weighted by Crippen LogP contribution is -2.29. The molecule has 1 aliphatic rings. The zero-order valence-electron chi connectivity index (χ0n) is 19.0. The van der Waals surface area contributed by atoms with Gasteiger partial charge in [0.25, 0.3) is 0 Å². The fraction of sp³-hybridized carbons (Fsp3) is 0.429. The zero-order valence-corrected chi connectivity index (χ0v) is 20.6. The van der Waals surface area contributed by atoms with Gasteiger partial charge in [-0.15, -0.1) is 10.2 Å². The Hall–Kier alpha value is -3.20. The molecule has 1 fully saturated rings. The molecule has 5 atom stereocenters. The van der Waals surface area contributed by atoms with Gasteiger partial charge in [-0.05, 0) is 43.2 Å². The Labute approximate surface area is 208 Å². The number of nitrogens with zero attached hydrogens (tertiary/aromatic N) is 8. The average Bonchev–Trinajstić information content (AvgIpc) is 3.54. The van der Waals surface area contributed by atoms with Crippen molar-refractivity contribution >= 4 is 38.9 Å². The number of hydrogen-bond donors (Lipinski definition) is 4. The molecule has 0 bridgehead atoms. The Morgan fingerprint density at radius 1 is 1.20 bits per heavy atom. The number of rotatable bonds is 7. The van der Waals surface area contributed by atoms with Crippen molar-refractivity contribution in [2.45, 2.75) is 57.4 Å². The molecule has 0 saturated carbocycles. The largest absolute Gasteiger partial charge is 0.387 e. The number of aliphatic hydroxyl groups is 2.